The number of benzene rings is 1. The molecule has 0 aliphatic heterocycles. The van der Waals surface area contributed by atoms with Gasteiger partial charge in [0.2, 0.25) is 0 Å². The predicted molar refractivity (Wildman–Crippen MR) is 99.3 cm³/mol. The smallest absolute Gasteiger partial charge is 0.337 e. The summed E-state index contributed by atoms with van der Waals surface area (Å²) in [6.07, 6.45) is 11.9. The maximum absolute atomic E-state index is 11.4. The van der Waals surface area contributed by atoms with E-state index < -0.39 is 0 Å². The van der Waals surface area contributed by atoms with Gasteiger partial charge in [-0.25, -0.2) is 4.79 Å². The third-order valence-electron chi connectivity index (χ3n) is 6.93. The van der Waals surface area contributed by atoms with Gasteiger partial charge in [0, 0.05) is 6.54 Å². The Hall–Kier alpha value is -1.35. The Morgan fingerprint density at radius 2 is 1.68 bits per heavy atom. The first-order chi connectivity index (χ1) is 12.2. The highest BCUT2D eigenvalue weighted by molar-refractivity contribution is 5.89. The summed E-state index contributed by atoms with van der Waals surface area (Å²) in [6, 6.07) is 7.72. The number of hydrogen-bond acceptors (Lipinski definition) is 3. The Bertz CT molecular complexity index is 572. The van der Waals surface area contributed by atoms with Gasteiger partial charge >= 0.3 is 5.97 Å². The molecule has 3 heteroatoms. The van der Waals surface area contributed by atoms with E-state index in [2.05, 4.69) is 5.32 Å². The predicted octanol–water partition coefficient (Wildman–Crippen LogP) is 4.56. The summed E-state index contributed by atoms with van der Waals surface area (Å²) in [6.45, 7) is 1.98. The normalized spacial score (nSPS) is 32.8. The van der Waals surface area contributed by atoms with E-state index in [1.165, 1.54) is 64.0 Å². The lowest BCUT2D eigenvalue weighted by Gasteiger charge is -2.57. The second-order valence-corrected chi connectivity index (χ2v) is 8.89. The van der Waals surface area contributed by atoms with Gasteiger partial charge in [0.15, 0.2) is 0 Å². The molecule has 4 bridgehead atoms. The van der Waals surface area contributed by atoms with Crippen molar-refractivity contribution in [2.24, 2.45) is 23.2 Å². The monoisotopic (exact) mass is 341 g/mol. The van der Waals surface area contributed by atoms with Crippen molar-refractivity contribution in [1.82, 2.24) is 5.32 Å². The van der Waals surface area contributed by atoms with E-state index in [1.807, 2.05) is 24.3 Å². The molecule has 136 valence electrons. The molecule has 25 heavy (non-hydrogen) atoms. The first kappa shape index (κ1) is 17.1. The van der Waals surface area contributed by atoms with E-state index >= 15 is 0 Å². The molecule has 0 radical (unpaired) electrons. The summed E-state index contributed by atoms with van der Waals surface area (Å²) >= 11 is 0. The van der Waals surface area contributed by atoms with Crippen LogP contribution in [0.4, 0.5) is 0 Å². The van der Waals surface area contributed by atoms with Gasteiger partial charge in [0.05, 0.1) is 12.7 Å². The number of esters is 1. The highest BCUT2D eigenvalue weighted by Crippen LogP contribution is 2.61. The lowest BCUT2D eigenvalue weighted by molar-refractivity contribution is -0.0580. The van der Waals surface area contributed by atoms with Crippen molar-refractivity contribution in [2.75, 3.05) is 13.7 Å². The molecule has 3 nitrogen and oxygen atoms in total. The SMILES string of the molecule is COC(=O)c1ccc(CNCCCC23CC4CC(CC(C4)C2)C3)cc1. The standard InChI is InChI=1S/C22H31NO2/c1-25-21(24)20-5-3-16(4-6-20)15-23-8-2-7-22-12-17-9-18(13-22)11-19(10-17)14-22/h3-6,17-19,23H,2,7-15H2,1H3. The number of ether oxygens (including phenoxy) is 1. The number of carbonyl (C=O) groups is 1. The first-order valence-corrected chi connectivity index (χ1v) is 10.0. The van der Waals surface area contributed by atoms with Gasteiger partial charge in [-0.3, -0.25) is 0 Å². The van der Waals surface area contributed by atoms with Gasteiger partial charge in [-0.05, 0) is 98.8 Å². The summed E-state index contributed by atoms with van der Waals surface area (Å²) in [5.41, 5.74) is 2.55. The minimum atomic E-state index is -0.268. The van der Waals surface area contributed by atoms with E-state index in [0.717, 1.165) is 30.8 Å². The van der Waals surface area contributed by atoms with Gasteiger partial charge in [-0.1, -0.05) is 12.1 Å². The fourth-order valence-electron chi connectivity index (χ4n) is 6.29. The Kier molecular flexibility index (Phi) is 4.86. The van der Waals surface area contributed by atoms with E-state index in [0.29, 0.717) is 11.0 Å². The number of methoxy groups -OCH3 is 1. The zero-order valence-corrected chi connectivity index (χ0v) is 15.4. The second kappa shape index (κ2) is 7.11. The molecule has 4 fully saturated rings. The fourth-order valence-corrected chi connectivity index (χ4v) is 6.29. The molecule has 0 amide bonds. The maximum atomic E-state index is 11.4. The topological polar surface area (TPSA) is 38.3 Å². The molecule has 0 spiro atoms. The van der Waals surface area contributed by atoms with Crippen LogP contribution in [0.15, 0.2) is 24.3 Å². The summed E-state index contributed by atoms with van der Waals surface area (Å²) in [7, 11) is 1.42. The molecule has 4 saturated carbocycles. The largest absolute Gasteiger partial charge is 0.465 e. The Morgan fingerprint density at radius 1 is 1.08 bits per heavy atom. The molecule has 4 aliphatic rings. The average Bonchev–Trinajstić information content (AvgIpc) is 2.60. The zero-order valence-electron chi connectivity index (χ0n) is 15.4. The van der Waals surface area contributed by atoms with Crippen LogP contribution in [0.5, 0.6) is 0 Å². The molecule has 1 aromatic rings. The van der Waals surface area contributed by atoms with Crippen molar-refractivity contribution in [3.05, 3.63) is 35.4 Å². The van der Waals surface area contributed by atoms with Crippen molar-refractivity contribution >= 4 is 5.97 Å². The number of rotatable bonds is 7. The van der Waals surface area contributed by atoms with Crippen LogP contribution in [0.1, 0.15) is 67.3 Å². The van der Waals surface area contributed by atoms with Crippen LogP contribution in [0.25, 0.3) is 0 Å². The van der Waals surface area contributed by atoms with Crippen LogP contribution in [-0.2, 0) is 11.3 Å². The molecular weight excluding hydrogens is 310 g/mol. The minimum absolute atomic E-state index is 0.268. The number of hydrogen-bond donors (Lipinski definition) is 1. The Balaban J connectivity index is 1.19. The summed E-state index contributed by atoms with van der Waals surface area (Å²) in [4.78, 5) is 11.4. The Morgan fingerprint density at radius 3 is 2.24 bits per heavy atom. The van der Waals surface area contributed by atoms with Crippen LogP contribution in [0.2, 0.25) is 0 Å². The molecule has 0 atom stereocenters. The van der Waals surface area contributed by atoms with E-state index in [1.54, 1.807) is 0 Å². The van der Waals surface area contributed by atoms with Crippen LogP contribution in [0.3, 0.4) is 0 Å². The number of nitrogens with one attached hydrogen (secondary N) is 1. The maximum Gasteiger partial charge on any atom is 0.337 e. The van der Waals surface area contributed by atoms with Crippen LogP contribution >= 0.6 is 0 Å². The van der Waals surface area contributed by atoms with Crippen LogP contribution in [0, 0.1) is 23.2 Å². The van der Waals surface area contributed by atoms with Gasteiger partial charge in [0.25, 0.3) is 0 Å². The van der Waals surface area contributed by atoms with Gasteiger partial charge in [-0.15, -0.1) is 0 Å². The molecule has 0 aromatic heterocycles. The fraction of sp³-hybridized carbons (Fsp3) is 0.682. The van der Waals surface area contributed by atoms with Crippen molar-refractivity contribution in [3.63, 3.8) is 0 Å². The number of carbonyl (C=O) groups excluding carboxylic acids is 1. The molecular formula is C22H31NO2. The molecule has 4 aliphatic carbocycles. The minimum Gasteiger partial charge on any atom is -0.465 e. The van der Waals surface area contributed by atoms with Crippen molar-refractivity contribution in [3.8, 4) is 0 Å². The summed E-state index contributed by atoms with van der Waals surface area (Å²) in [5, 5.41) is 3.58. The molecule has 0 saturated heterocycles. The van der Waals surface area contributed by atoms with Crippen molar-refractivity contribution in [2.45, 2.75) is 57.9 Å². The van der Waals surface area contributed by atoms with E-state index in [4.69, 9.17) is 4.74 Å². The van der Waals surface area contributed by atoms with E-state index in [9.17, 15) is 4.79 Å². The molecule has 0 heterocycles. The first-order valence-electron chi connectivity index (χ1n) is 10.0. The summed E-state index contributed by atoms with van der Waals surface area (Å²) < 4.78 is 4.74. The van der Waals surface area contributed by atoms with Gasteiger partial charge < -0.3 is 10.1 Å². The highest BCUT2D eigenvalue weighted by Gasteiger charge is 2.50. The lowest BCUT2D eigenvalue weighted by Crippen LogP contribution is -2.46. The van der Waals surface area contributed by atoms with Crippen LogP contribution in [-0.4, -0.2) is 19.6 Å². The third-order valence-corrected chi connectivity index (χ3v) is 6.93. The van der Waals surface area contributed by atoms with E-state index in [-0.39, 0.29) is 5.97 Å². The molecule has 5 rings (SSSR count). The molecule has 0 unspecified atom stereocenters. The van der Waals surface area contributed by atoms with Crippen molar-refractivity contribution in [1.29, 1.82) is 0 Å². The van der Waals surface area contributed by atoms with Gasteiger partial charge in [0.1, 0.15) is 0 Å². The Labute approximate surface area is 151 Å². The molecule has 1 N–H and O–H groups in total. The lowest BCUT2D eigenvalue weighted by atomic mass is 9.48. The zero-order chi connectivity index (χ0) is 17.3. The molecule has 1 aromatic carbocycles. The summed E-state index contributed by atoms with van der Waals surface area (Å²) in [5.74, 6) is 2.92. The van der Waals surface area contributed by atoms with Crippen LogP contribution < -0.4 is 5.32 Å². The van der Waals surface area contributed by atoms with Crippen molar-refractivity contribution < 1.29 is 9.53 Å². The highest BCUT2D eigenvalue weighted by atomic mass is 16.5. The second-order valence-electron chi connectivity index (χ2n) is 8.89. The third kappa shape index (κ3) is 3.76. The quantitative estimate of drug-likeness (QED) is 0.584. The average molecular weight is 341 g/mol. The van der Waals surface area contributed by atoms with Gasteiger partial charge in [-0.2, -0.15) is 0 Å².